The van der Waals surface area contributed by atoms with E-state index in [4.69, 9.17) is 17.0 Å². The summed E-state index contributed by atoms with van der Waals surface area (Å²) in [6.07, 6.45) is 6.47. The highest BCUT2D eigenvalue weighted by Gasteiger charge is 2.37. The number of thiophene rings is 1. The summed E-state index contributed by atoms with van der Waals surface area (Å²) in [5.74, 6) is 0.824. The van der Waals surface area contributed by atoms with E-state index in [0.717, 1.165) is 24.3 Å². The zero-order valence-electron chi connectivity index (χ0n) is 13.6. The highest BCUT2D eigenvalue weighted by atomic mass is 32.1. The van der Waals surface area contributed by atoms with Crippen LogP contribution in [-0.2, 0) is 5.54 Å². The molecule has 0 atom stereocenters. The molecule has 0 amide bonds. The van der Waals surface area contributed by atoms with Crippen molar-refractivity contribution in [2.45, 2.75) is 31.2 Å². The predicted molar refractivity (Wildman–Crippen MR) is 106 cm³/mol. The third kappa shape index (κ3) is 3.97. The summed E-state index contributed by atoms with van der Waals surface area (Å²) >= 11 is 7.36. The minimum Gasteiger partial charge on any atom is -0.490 e. The maximum atomic E-state index is 5.56. The molecule has 1 aromatic carbocycles. The van der Waals surface area contributed by atoms with Crippen molar-refractivity contribution in [2.24, 2.45) is 0 Å². The Bertz CT molecular complexity index is 674. The van der Waals surface area contributed by atoms with Crippen molar-refractivity contribution in [3.05, 3.63) is 59.3 Å². The fourth-order valence-electron chi connectivity index (χ4n) is 3.13. The topological polar surface area (TPSA) is 33.3 Å². The van der Waals surface area contributed by atoms with Crippen LogP contribution in [0.4, 0.5) is 5.69 Å². The molecular weight excluding hydrogens is 336 g/mol. The van der Waals surface area contributed by atoms with Crippen molar-refractivity contribution in [1.29, 1.82) is 0 Å². The fraction of sp³-hybridized carbons (Fsp3) is 0.316. The Morgan fingerprint density at radius 3 is 2.62 bits per heavy atom. The fourth-order valence-corrected chi connectivity index (χ4v) is 4.39. The molecule has 2 N–H and O–H groups in total. The Labute approximate surface area is 152 Å². The van der Waals surface area contributed by atoms with Crippen LogP contribution in [0.3, 0.4) is 0 Å². The first kappa shape index (κ1) is 17.0. The normalized spacial score (nSPS) is 15.7. The van der Waals surface area contributed by atoms with Gasteiger partial charge in [-0.25, -0.2) is 0 Å². The van der Waals surface area contributed by atoms with Crippen LogP contribution in [0.2, 0.25) is 0 Å². The largest absolute Gasteiger partial charge is 0.490 e. The van der Waals surface area contributed by atoms with Gasteiger partial charge in [-0.2, -0.15) is 0 Å². The lowest BCUT2D eigenvalue weighted by Gasteiger charge is -2.31. The van der Waals surface area contributed by atoms with Gasteiger partial charge in [-0.1, -0.05) is 31.6 Å². The molecule has 0 bridgehead atoms. The van der Waals surface area contributed by atoms with Gasteiger partial charge >= 0.3 is 0 Å². The molecule has 0 radical (unpaired) electrons. The van der Waals surface area contributed by atoms with E-state index in [1.807, 2.05) is 24.3 Å². The third-order valence-electron chi connectivity index (χ3n) is 4.28. The number of thiocarbonyl (C=S) groups is 1. The minimum absolute atomic E-state index is 0.00867. The second-order valence-electron chi connectivity index (χ2n) is 5.97. The summed E-state index contributed by atoms with van der Waals surface area (Å²) in [7, 11) is 0. The van der Waals surface area contributed by atoms with Crippen LogP contribution in [-0.4, -0.2) is 11.7 Å². The lowest BCUT2D eigenvalue weighted by molar-refractivity contribution is 0.363. The van der Waals surface area contributed by atoms with E-state index < -0.39 is 0 Å². The van der Waals surface area contributed by atoms with Crippen molar-refractivity contribution in [3.63, 3.8) is 0 Å². The number of anilines is 1. The smallest absolute Gasteiger partial charge is 0.171 e. The summed E-state index contributed by atoms with van der Waals surface area (Å²) in [6, 6.07) is 12.1. The zero-order chi connectivity index (χ0) is 16.8. The molecule has 1 saturated carbocycles. The number of hydrogen-bond acceptors (Lipinski definition) is 3. The lowest BCUT2D eigenvalue weighted by Crippen LogP contribution is -2.45. The summed E-state index contributed by atoms with van der Waals surface area (Å²) in [5.41, 5.74) is 0.948. The summed E-state index contributed by atoms with van der Waals surface area (Å²) in [6.45, 7) is 4.16. The average Bonchev–Trinajstić information content (AvgIpc) is 3.26. The first-order valence-electron chi connectivity index (χ1n) is 8.19. The Morgan fingerprint density at radius 1 is 1.25 bits per heavy atom. The molecule has 1 aliphatic carbocycles. The van der Waals surface area contributed by atoms with E-state index in [0.29, 0.717) is 11.7 Å². The number of rotatable bonds is 6. The highest BCUT2D eigenvalue weighted by molar-refractivity contribution is 7.80. The van der Waals surface area contributed by atoms with Crippen LogP contribution in [0, 0.1) is 0 Å². The molecule has 126 valence electrons. The van der Waals surface area contributed by atoms with E-state index in [1.54, 1.807) is 17.4 Å². The van der Waals surface area contributed by atoms with Gasteiger partial charge in [-0.3, -0.25) is 0 Å². The second-order valence-corrected chi connectivity index (χ2v) is 7.33. The first-order valence-corrected chi connectivity index (χ1v) is 9.47. The van der Waals surface area contributed by atoms with Gasteiger partial charge in [0.1, 0.15) is 12.4 Å². The standard InChI is InChI=1S/C19H22N2OS2/c1-2-13-22-16-9-7-15(8-10-16)20-18(23)21-19(11-3-4-12-19)17-6-5-14-24-17/h2,5-10,14H,1,3-4,11-13H2,(H2,20,21,23). The molecule has 0 saturated heterocycles. The number of benzene rings is 1. The van der Waals surface area contributed by atoms with Crippen LogP contribution in [0.5, 0.6) is 5.75 Å². The van der Waals surface area contributed by atoms with Gasteiger partial charge in [-0.05, 0) is 60.8 Å². The summed E-state index contributed by atoms with van der Waals surface area (Å²) in [5, 5.41) is 9.67. The van der Waals surface area contributed by atoms with Gasteiger partial charge in [0.15, 0.2) is 5.11 Å². The van der Waals surface area contributed by atoms with Gasteiger partial charge in [0.05, 0.1) is 5.54 Å². The Morgan fingerprint density at radius 2 is 2.00 bits per heavy atom. The van der Waals surface area contributed by atoms with E-state index in [1.165, 1.54) is 17.7 Å². The SMILES string of the molecule is C=CCOc1ccc(NC(=S)NC2(c3cccs3)CCCC2)cc1. The molecule has 5 heteroatoms. The van der Waals surface area contributed by atoms with Crippen molar-refractivity contribution in [3.8, 4) is 5.75 Å². The van der Waals surface area contributed by atoms with E-state index in [9.17, 15) is 0 Å². The zero-order valence-corrected chi connectivity index (χ0v) is 15.2. The van der Waals surface area contributed by atoms with Gasteiger partial charge in [-0.15, -0.1) is 11.3 Å². The maximum Gasteiger partial charge on any atom is 0.171 e. The van der Waals surface area contributed by atoms with E-state index in [2.05, 4.69) is 34.7 Å². The van der Waals surface area contributed by atoms with Crippen LogP contribution >= 0.6 is 23.6 Å². The van der Waals surface area contributed by atoms with Crippen molar-refractivity contribution in [1.82, 2.24) is 5.32 Å². The van der Waals surface area contributed by atoms with Crippen LogP contribution in [0.25, 0.3) is 0 Å². The summed E-state index contributed by atoms with van der Waals surface area (Å²) in [4.78, 5) is 1.37. The molecule has 3 rings (SSSR count). The molecule has 1 fully saturated rings. The predicted octanol–water partition coefficient (Wildman–Crippen LogP) is 5.07. The minimum atomic E-state index is -0.00867. The number of nitrogens with one attached hydrogen (secondary N) is 2. The molecule has 1 aromatic heterocycles. The molecule has 3 nitrogen and oxygen atoms in total. The van der Waals surface area contributed by atoms with Crippen LogP contribution in [0.1, 0.15) is 30.6 Å². The number of ether oxygens (including phenoxy) is 1. The third-order valence-corrected chi connectivity index (χ3v) is 5.56. The molecule has 1 heterocycles. The number of hydrogen-bond donors (Lipinski definition) is 2. The van der Waals surface area contributed by atoms with Crippen molar-refractivity contribution >= 4 is 34.4 Å². The molecule has 24 heavy (non-hydrogen) atoms. The second kappa shape index (κ2) is 7.81. The maximum absolute atomic E-state index is 5.56. The highest BCUT2D eigenvalue weighted by Crippen LogP contribution is 2.40. The van der Waals surface area contributed by atoms with Gasteiger partial charge in [0.25, 0.3) is 0 Å². The summed E-state index contributed by atoms with van der Waals surface area (Å²) < 4.78 is 5.49. The van der Waals surface area contributed by atoms with E-state index in [-0.39, 0.29) is 5.54 Å². The lowest BCUT2D eigenvalue weighted by atomic mass is 9.96. The molecule has 1 aliphatic rings. The van der Waals surface area contributed by atoms with Crippen LogP contribution < -0.4 is 15.4 Å². The molecule has 2 aromatic rings. The van der Waals surface area contributed by atoms with Gasteiger partial charge in [0.2, 0.25) is 0 Å². The molecular formula is C19H22N2OS2. The van der Waals surface area contributed by atoms with Crippen molar-refractivity contribution in [2.75, 3.05) is 11.9 Å². The van der Waals surface area contributed by atoms with Gasteiger partial charge < -0.3 is 15.4 Å². The molecule has 0 spiro atoms. The van der Waals surface area contributed by atoms with Crippen LogP contribution in [0.15, 0.2) is 54.4 Å². The Kier molecular flexibility index (Phi) is 5.53. The molecule has 0 unspecified atom stereocenters. The van der Waals surface area contributed by atoms with Crippen molar-refractivity contribution < 1.29 is 4.74 Å². The monoisotopic (exact) mass is 358 g/mol. The Hall–Kier alpha value is -1.85. The molecule has 0 aliphatic heterocycles. The van der Waals surface area contributed by atoms with Gasteiger partial charge in [0, 0.05) is 10.6 Å². The van der Waals surface area contributed by atoms with E-state index >= 15 is 0 Å². The quantitative estimate of drug-likeness (QED) is 0.558. The first-order chi connectivity index (χ1) is 11.7. The Balaban J connectivity index is 1.63. The average molecular weight is 359 g/mol.